The summed E-state index contributed by atoms with van der Waals surface area (Å²) in [5, 5.41) is 18.2. The highest BCUT2D eigenvalue weighted by atomic mass is 16.6. The molecule has 0 aromatic heterocycles. The number of nitrogens with one attached hydrogen (secondary N) is 2. The molecule has 34 heavy (non-hydrogen) atoms. The molecule has 0 saturated heterocycles. The molecule has 0 saturated carbocycles. The van der Waals surface area contributed by atoms with Crippen LogP contribution in [0, 0.1) is 4.91 Å². The van der Waals surface area contributed by atoms with Crippen LogP contribution in [0.4, 0.5) is 10.5 Å². The smallest absolute Gasteiger partial charge is 0.408 e. The predicted molar refractivity (Wildman–Crippen MR) is 122 cm³/mol. The number of hydrogen-bond donors (Lipinski definition) is 3. The van der Waals surface area contributed by atoms with Crippen LogP contribution in [0.2, 0.25) is 0 Å². The predicted octanol–water partition coefficient (Wildman–Crippen LogP) is 2.05. The van der Waals surface area contributed by atoms with E-state index in [1.807, 2.05) is 0 Å². The molecule has 0 bridgehead atoms. The highest BCUT2D eigenvalue weighted by molar-refractivity contribution is 5.85. The number of carbonyl (C=O) groups excluding carboxylic acids is 3. The first kappa shape index (κ1) is 28.4. The lowest BCUT2D eigenvalue weighted by molar-refractivity contribution is -0.150. The first-order valence-electron chi connectivity index (χ1n) is 10.2. The molecule has 3 N–H and O–H groups in total. The minimum atomic E-state index is -1.81. The normalized spacial score (nSPS) is 12.5. The molecule has 188 valence electrons. The summed E-state index contributed by atoms with van der Waals surface area (Å²) in [4.78, 5) is 46.7. The van der Waals surface area contributed by atoms with Crippen molar-refractivity contribution >= 4 is 23.7 Å². The molecule has 1 rings (SSSR count). The number of esters is 1. The zero-order valence-electron chi connectivity index (χ0n) is 19.9. The summed E-state index contributed by atoms with van der Waals surface area (Å²) in [6, 6.07) is 2.64. The highest BCUT2D eigenvalue weighted by Crippen LogP contribution is 2.40. The Bertz CT molecular complexity index is 908. The van der Waals surface area contributed by atoms with Gasteiger partial charge in [0, 0.05) is 11.6 Å². The van der Waals surface area contributed by atoms with E-state index in [0.717, 1.165) is 0 Å². The van der Waals surface area contributed by atoms with Crippen LogP contribution in [0.5, 0.6) is 11.5 Å². The zero-order valence-corrected chi connectivity index (χ0v) is 19.9. The Labute approximate surface area is 197 Å². The summed E-state index contributed by atoms with van der Waals surface area (Å²) in [6.07, 6.45) is 0.723. The Balaban J connectivity index is 2.68. The molecule has 12 nitrogen and oxygen atoms in total. The average molecular weight is 482 g/mol. The molecule has 1 unspecified atom stereocenters. The van der Waals surface area contributed by atoms with Gasteiger partial charge in [0.2, 0.25) is 5.91 Å². The number of methoxy groups -OCH3 is 1. The summed E-state index contributed by atoms with van der Waals surface area (Å²) >= 11 is 0. The third kappa shape index (κ3) is 9.45. The van der Waals surface area contributed by atoms with Gasteiger partial charge in [-0.3, -0.25) is 9.59 Å². The van der Waals surface area contributed by atoms with Gasteiger partial charge in [0.05, 0.1) is 7.11 Å². The van der Waals surface area contributed by atoms with Crippen LogP contribution in [0.1, 0.15) is 33.3 Å². The minimum Gasteiger partial charge on any atom is -0.493 e. The molecule has 0 heterocycles. The van der Waals surface area contributed by atoms with Crippen molar-refractivity contribution < 1.29 is 38.4 Å². The molecule has 1 atom stereocenters. The molecule has 0 radical (unpaired) electrons. The van der Waals surface area contributed by atoms with E-state index in [2.05, 4.69) is 22.4 Å². The van der Waals surface area contributed by atoms with E-state index < -0.39 is 48.9 Å². The molecule has 2 amide bonds. The molecule has 1 aromatic carbocycles. The summed E-state index contributed by atoms with van der Waals surface area (Å²) < 4.78 is 20.7. The van der Waals surface area contributed by atoms with Crippen LogP contribution in [-0.2, 0) is 24.7 Å². The number of aliphatic hydroxyl groups is 1. The Morgan fingerprint density at radius 1 is 1.12 bits per heavy atom. The van der Waals surface area contributed by atoms with E-state index in [-0.39, 0.29) is 29.4 Å². The van der Waals surface area contributed by atoms with Gasteiger partial charge in [-0.1, -0.05) is 12.7 Å². The van der Waals surface area contributed by atoms with Crippen LogP contribution in [0.15, 0.2) is 30.0 Å². The number of rotatable bonds is 12. The lowest BCUT2D eigenvalue weighted by Crippen LogP contribution is -2.41. The fourth-order valence-electron chi connectivity index (χ4n) is 2.53. The number of ether oxygens (including phenoxy) is 4. The fourth-order valence-corrected chi connectivity index (χ4v) is 2.53. The van der Waals surface area contributed by atoms with Crippen LogP contribution >= 0.6 is 0 Å². The zero-order chi connectivity index (χ0) is 25.9. The first-order valence-corrected chi connectivity index (χ1v) is 10.2. The summed E-state index contributed by atoms with van der Waals surface area (Å²) in [7, 11) is 1.38. The van der Waals surface area contributed by atoms with Gasteiger partial charge in [-0.15, -0.1) is 4.91 Å². The molecule has 0 spiro atoms. The number of alkyl carbamates (subject to hydrolysis) is 1. The van der Waals surface area contributed by atoms with Crippen molar-refractivity contribution in [2.45, 2.75) is 38.9 Å². The standard InChI is InChI=1S/C22H31N3O9/c1-7-8-32-17-10-15(25-30)14(9-16(17)31-6)22(5,29)13-33-19(27)12-23-18(26)11-24-20(28)34-21(2,3)4/h7,9-10,29H,1,8,11-13H2,2-6H3,(H,23,26)(H,24,28). The van der Waals surface area contributed by atoms with E-state index >= 15 is 0 Å². The van der Waals surface area contributed by atoms with Crippen molar-refractivity contribution in [3.63, 3.8) is 0 Å². The van der Waals surface area contributed by atoms with Crippen molar-refractivity contribution in [3.8, 4) is 11.5 Å². The van der Waals surface area contributed by atoms with Gasteiger partial charge in [0.25, 0.3) is 0 Å². The van der Waals surface area contributed by atoms with Gasteiger partial charge in [-0.25, -0.2) is 4.79 Å². The van der Waals surface area contributed by atoms with E-state index in [0.29, 0.717) is 0 Å². The average Bonchev–Trinajstić information content (AvgIpc) is 2.76. The molecule has 0 aliphatic carbocycles. The van der Waals surface area contributed by atoms with Crippen molar-refractivity contribution in [2.24, 2.45) is 5.18 Å². The van der Waals surface area contributed by atoms with Gasteiger partial charge in [-0.2, -0.15) is 0 Å². The Hall–Kier alpha value is -3.67. The largest absolute Gasteiger partial charge is 0.493 e. The lowest BCUT2D eigenvalue weighted by atomic mass is 9.94. The second-order valence-electron chi connectivity index (χ2n) is 8.28. The van der Waals surface area contributed by atoms with Gasteiger partial charge in [-0.05, 0) is 38.9 Å². The maximum absolute atomic E-state index is 12.0. The van der Waals surface area contributed by atoms with E-state index in [1.165, 1.54) is 32.2 Å². The summed E-state index contributed by atoms with van der Waals surface area (Å²) in [6.45, 7) is 8.56. The van der Waals surface area contributed by atoms with Crippen molar-refractivity contribution in [2.75, 3.05) is 33.4 Å². The number of amides is 2. The maximum Gasteiger partial charge on any atom is 0.408 e. The molecule has 0 aliphatic rings. The van der Waals surface area contributed by atoms with Crippen molar-refractivity contribution in [1.82, 2.24) is 10.6 Å². The van der Waals surface area contributed by atoms with Crippen molar-refractivity contribution in [3.05, 3.63) is 35.3 Å². The summed E-state index contributed by atoms with van der Waals surface area (Å²) in [5.74, 6) is -1.07. The van der Waals surface area contributed by atoms with Crippen LogP contribution in [-0.4, -0.2) is 62.1 Å². The van der Waals surface area contributed by atoms with Crippen LogP contribution in [0.25, 0.3) is 0 Å². The van der Waals surface area contributed by atoms with Gasteiger partial charge in [0.15, 0.2) is 11.5 Å². The topological polar surface area (TPSA) is 162 Å². The molecular formula is C22H31N3O9. The van der Waals surface area contributed by atoms with Crippen molar-refractivity contribution in [1.29, 1.82) is 0 Å². The Morgan fingerprint density at radius 3 is 2.35 bits per heavy atom. The SMILES string of the molecule is C=CCOc1cc(N=O)c(C(C)(O)COC(=O)CNC(=O)CNC(=O)OC(C)(C)C)cc1OC. The fraction of sp³-hybridized carbons (Fsp3) is 0.500. The molecule has 1 aromatic rings. The van der Waals surface area contributed by atoms with Gasteiger partial charge >= 0.3 is 12.1 Å². The second kappa shape index (κ2) is 12.5. The Kier molecular flexibility index (Phi) is 10.5. The third-order valence-corrected chi connectivity index (χ3v) is 4.05. The van der Waals surface area contributed by atoms with E-state index in [9.17, 15) is 24.4 Å². The highest BCUT2D eigenvalue weighted by Gasteiger charge is 2.31. The van der Waals surface area contributed by atoms with Crippen LogP contribution in [0.3, 0.4) is 0 Å². The quantitative estimate of drug-likeness (QED) is 0.230. The number of benzene rings is 1. The van der Waals surface area contributed by atoms with Crippen LogP contribution < -0.4 is 20.1 Å². The molecule has 0 fully saturated rings. The van der Waals surface area contributed by atoms with E-state index in [1.54, 1.807) is 20.8 Å². The van der Waals surface area contributed by atoms with Gasteiger partial charge < -0.3 is 34.7 Å². The molecule has 12 heteroatoms. The minimum absolute atomic E-state index is 0.0451. The Morgan fingerprint density at radius 2 is 1.79 bits per heavy atom. The number of carbonyl (C=O) groups is 3. The second-order valence-corrected chi connectivity index (χ2v) is 8.28. The third-order valence-electron chi connectivity index (χ3n) is 4.05. The number of nitroso groups, excluding NO2 is 1. The number of hydrogen-bond acceptors (Lipinski definition) is 10. The first-order chi connectivity index (χ1) is 15.8. The summed E-state index contributed by atoms with van der Waals surface area (Å²) in [5.41, 5.74) is -2.62. The van der Waals surface area contributed by atoms with E-state index in [4.69, 9.17) is 18.9 Å². The lowest BCUT2D eigenvalue weighted by Gasteiger charge is -2.25. The van der Waals surface area contributed by atoms with Gasteiger partial charge in [0.1, 0.15) is 43.2 Å². The molecular weight excluding hydrogens is 450 g/mol. The monoisotopic (exact) mass is 481 g/mol. The number of nitrogens with zero attached hydrogens (tertiary/aromatic N) is 1. The molecule has 0 aliphatic heterocycles. The maximum atomic E-state index is 12.0.